The van der Waals surface area contributed by atoms with Crippen LogP contribution < -0.4 is 5.56 Å². The molecule has 0 aliphatic rings. The summed E-state index contributed by atoms with van der Waals surface area (Å²) < 4.78 is 1.31. The van der Waals surface area contributed by atoms with Gasteiger partial charge in [0, 0.05) is 6.54 Å². The van der Waals surface area contributed by atoms with Crippen molar-refractivity contribution >= 4 is 0 Å². The minimum Gasteiger partial charge on any atom is -0.266 e. The largest absolute Gasteiger partial charge is 0.284 e. The van der Waals surface area contributed by atoms with E-state index in [2.05, 4.69) is 5.10 Å². The van der Waals surface area contributed by atoms with Crippen molar-refractivity contribution in [2.45, 2.75) is 27.3 Å². The highest BCUT2D eigenvalue weighted by Crippen LogP contribution is 2.03. The van der Waals surface area contributed by atoms with Crippen LogP contribution in [0.15, 0.2) is 4.79 Å². The van der Waals surface area contributed by atoms with E-state index >= 15 is 0 Å². The lowest BCUT2D eigenvalue weighted by molar-refractivity contribution is 0.601. The first-order valence-corrected chi connectivity index (χ1v) is 4.10. The summed E-state index contributed by atoms with van der Waals surface area (Å²) in [6.45, 7) is 5.85. The Bertz CT molecular complexity index is 426. The first-order chi connectivity index (χ1) is 6.11. The highest BCUT2D eigenvalue weighted by Gasteiger charge is 2.09. The second-order valence-corrected chi connectivity index (χ2v) is 2.82. The lowest BCUT2D eigenvalue weighted by Gasteiger charge is -2.05. The topological polar surface area (TPSA) is 58.7 Å². The molecule has 0 aromatic carbocycles. The number of hydrogen-bond acceptors (Lipinski definition) is 3. The molecule has 1 rings (SSSR count). The smallest absolute Gasteiger partial charge is 0.266 e. The Morgan fingerprint density at radius 1 is 1.54 bits per heavy atom. The van der Waals surface area contributed by atoms with E-state index in [1.54, 1.807) is 13.8 Å². The standard InChI is InChI=1S/C9H11N3O/c1-4-12-9(13)8(5-10)6(2)7(3)11-12/h4H2,1-3H3. The lowest BCUT2D eigenvalue weighted by atomic mass is 10.1. The molecule has 1 aromatic rings. The summed E-state index contributed by atoms with van der Waals surface area (Å²) >= 11 is 0. The van der Waals surface area contributed by atoms with Crippen molar-refractivity contribution < 1.29 is 0 Å². The van der Waals surface area contributed by atoms with Gasteiger partial charge in [0.1, 0.15) is 11.6 Å². The van der Waals surface area contributed by atoms with Crippen LogP contribution >= 0.6 is 0 Å². The molecule has 0 unspecified atom stereocenters. The fourth-order valence-corrected chi connectivity index (χ4v) is 1.12. The molecule has 4 nitrogen and oxygen atoms in total. The van der Waals surface area contributed by atoms with Crippen LogP contribution in [-0.4, -0.2) is 9.78 Å². The van der Waals surface area contributed by atoms with Gasteiger partial charge in [-0.2, -0.15) is 10.4 Å². The van der Waals surface area contributed by atoms with Crippen LogP contribution in [0.2, 0.25) is 0 Å². The van der Waals surface area contributed by atoms with Crippen molar-refractivity contribution in [3.8, 4) is 6.07 Å². The molecule has 0 aliphatic carbocycles. The van der Waals surface area contributed by atoms with Gasteiger partial charge in [0.25, 0.3) is 5.56 Å². The molecule has 0 atom stereocenters. The molecule has 0 fully saturated rings. The van der Waals surface area contributed by atoms with Gasteiger partial charge < -0.3 is 0 Å². The van der Waals surface area contributed by atoms with Crippen molar-refractivity contribution in [1.29, 1.82) is 5.26 Å². The molecule has 68 valence electrons. The zero-order valence-electron chi connectivity index (χ0n) is 7.96. The van der Waals surface area contributed by atoms with E-state index in [0.717, 1.165) is 5.69 Å². The number of nitriles is 1. The third-order valence-electron chi connectivity index (χ3n) is 2.05. The van der Waals surface area contributed by atoms with Crippen molar-refractivity contribution in [3.63, 3.8) is 0 Å². The second-order valence-electron chi connectivity index (χ2n) is 2.82. The monoisotopic (exact) mass is 177 g/mol. The average Bonchev–Trinajstić information content (AvgIpc) is 2.12. The molecule has 0 aliphatic heterocycles. The van der Waals surface area contributed by atoms with Gasteiger partial charge in [-0.05, 0) is 26.3 Å². The summed E-state index contributed by atoms with van der Waals surface area (Å²) in [7, 11) is 0. The fraction of sp³-hybridized carbons (Fsp3) is 0.444. The van der Waals surface area contributed by atoms with Gasteiger partial charge >= 0.3 is 0 Å². The molecule has 0 amide bonds. The summed E-state index contributed by atoms with van der Waals surface area (Å²) in [6, 6.07) is 1.91. The summed E-state index contributed by atoms with van der Waals surface area (Å²) in [5.41, 5.74) is 1.32. The molecule has 0 spiro atoms. The van der Waals surface area contributed by atoms with Crippen LogP contribution in [0.25, 0.3) is 0 Å². The maximum absolute atomic E-state index is 11.5. The molecule has 1 heterocycles. The zero-order chi connectivity index (χ0) is 10.0. The number of nitrogens with zero attached hydrogens (tertiary/aromatic N) is 3. The normalized spacial score (nSPS) is 9.69. The number of aromatic nitrogens is 2. The average molecular weight is 177 g/mol. The summed E-state index contributed by atoms with van der Waals surface area (Å²) in [4.78, 5) is 11.5. The van der Waals surface area contributed by atoms with E-state index in [1.807, 2.05) is 13.0 Å². The Balaban J connectivity index is 3.61. The SMILES string of the molecule is CCn1nc(C)c(C)c(C#N)c1=O. The zero-order valence-corrected chi connectivity index (χ0v) is 7.96. The molecule has 13 heavy (non-hydrogen) atoms. The van der Waals surface area contributed by atoms with E-state index in [9.17, 15) is 4.79 Å². The van der Waals surface area contributed by atoms with Gasteiger partial charge in [0.05, 0.1) is 5.69 Å². The van der Waals surface area contributed by atoms with Crippen molar-refractivity contribution in [2.75, 3.05) is 0 Å². The van der Waals surface area contributed by atoms with Crippen molar-refractivity contribution in [2.24, 2.45) is 0 Å². The summed E-state index contributed by atoms with van der Waals surface area (Å²) in [5.74, 6) is 0. The van der Waals surface area contributed by atoms with Crippen LogP contribution in [0.5, 0.6) is 0 Å². The Labute approximate surface area is 76.4 Å². The van der Waals surface area contributed by atoms with Gasteiger partial charge in [0.2, 0.25) is 0 Å². The first kappa shape index (κ1) is 9.46. The second kappa shape index (κ2) is 3.40. The third-order valence-corrected chi connectivity index (χ3v) is 2.05. The van der Waals surface area contributed by atoms with Crippen molar-refractivity contribution in [1.82, 2.24) is 9.78 Å². The number of aryl methyl sites for hydroxylation is 2. The highest BCUT2D eigenvalue weighted by molar-refractivity contribution is 5.36. The van der Waals surface area contributed by atoms with E-state index in [1.165, 1.54) is 4.68 Å². The Morgan fingerprint density at radius 3 is 2.62 bits per heavy atom. The van der Waals surface area contributed by atoms with Crippen LogP contribution in [0, 0.1) is 25.2 Å². The van der Waals surface area contributed by atoms with Crippen LogP contribution in [0.4, 0.5) is 0 Å². The van der Waals surface area contributed by atoms with E-state index in [-0.39, 0.29) is 11.1 Å². The van der Waals surface area contributed by atoms with Crippen LogP contribution in [0.1, 0.15) is 23.7 Å². The van der Waals surface area contributed by atoms with Crippen LogP contribution in [0.3, 0.4) is 0 Å². The lowest BCUT2D eigenvalue weighted by Crippen LogP contribution is -2.26. The predicted molar refractivity (Wildman–Crippen MR) is 48.4 cm³/mol. The Hall–Kier alpha value is -1.63. The number of rotatable bonds is 1. The van der Waals surface area contributed by atoms with Crippen LogP contribution in [-0.2, 0) is 6.54 Å². The van der Waals surface area contributed by atoms with Gasteiger partial charge in [0.15, 0.2) is 0 Å². The maximum Gasteiger partial charge on any atom is 0.284 e. The third kappa shape index (κ3) is 1.45. The molecular weight excluding hydrogens is 166 g/mol. The minimum atomic E-state index is -0.298. The molecule has 0 saturated heterocycles. The van der Waals surface area contributed by atoms with Crippen molar-refractivity contribution in [3.05, 3.63) is 27.2 Å². The fourth-order valence-electron chi connectivity index (χ4n) is 1.12. The van der Waals surface area contributed by atoms with E-state index in [4.69, 9.17) is 5.26 Å². The van der Waals surface area contributed by atoms with Gasteiger partial charge in [-0.15, -0.1) is 0 Å². The quantitative estimate of drug-likeness (QED) is 0.636. The molecule has 0 radical (unpaired) electrons. The molecule has 0 bridgehead atoms. The summed E-state index contributed by atoms with van der Waals surface area (Å²) in [6.07, 6.45) is 0. The van der Waals surface area contributed by atoms with E-state index < -0.39 is 0 Å². The van der Waals surface area contributed by atoms with Gasteiger partial charge in [-0.1, -0.05) is 0 Å². The van der Waals surface area contributed by atoms with E-state index in [0.29, 0.717) is 12.1 Å². The summed E-state index contributed by atoms with van der Waals surface area (Å²) in [5, 5.41) is 12.8. The predicted octanol–water partition coefficient (Wildman–Crippen LogP) is 0.752. The highest BCUT2D eigenvalue weighted by atomic mass is 16.1. The Kier molecular flexibility index (Phi) is 2.47. The maximum atomic E-state index is 11.5. The number of hydrogen-bond donors (Lipinski definition) is 0. The Morgan fingerprint density at radius 2 is 2.15 bits per heavy atom. The minimum absolute atomic E-state index is 0.203. The molecule has 4 heteroatoms. The first-order valence-electron chi connectivity index (χ1n) is 4.10. The molecule has 1 aromatic heterocycles. The molecule has 0 saturated carbocycles. The van der Waals surface area contributed by atoms with Gasteiger partial charge in [-0.25, -0.2) is 4.68 Å². The molecule has 0 N–H and O–H groups in total. The molecular formula is C9H11N3O. The van der Waals surface area contributed by atoms with Gasteiger partial charge in [-0.3, -0.25) is 4.79 Å².